The number of nitrogens with one attached hydrogen (secondary N) is 1. The second kappa shape index (κ2) is 7.12. The largest absolute Gasteiger partial charge is 0.401 e. The minimum absolute atomic E-state index is 0.0274. The van der Waals surface area contributed by atoms with E-state index < -0.39 is 12.7 Å². The van der Waals surface area contributed by atoms with Gasteiger partial charge in [-0.25, -0.2) is 0 Å². The van der Waals surface area contributed by atoms with Gasteiger partial charge in [0, 0.05) is 25.6 Å². The number of piperidine rings is 1. The van der Waals surface area contributed by atoms with Crippen LogP contribution in [-0.4, -0.2) is 42.7 Å². The molecule has 1 saturated heterocycles. The van der Waals surface area contributed by atoms with Gasteiger partial charge >= 0.3 is 6.18 Å². The van der Waals surface area contributed by atoms with Crippen molar-refractivity contribution < 1.29 is 18.0 Å². The van der Waals surface area contributed by atoms with Crippen molar-refractivity contribution in [2.45, 2.75) is 51.7 Å². The fourth-order valence-corrected chi connectivity index (χ4v) is 2.66. The van der Waals surface area contributed by atoms with Crippen LogP contribution in [0.3, 0.4) is 0 Å². The highest BCUT2D eigenvalue weighted by molar-refractivity contribution is 5.76. The van der Waals surface area contributed by atoms with E-state index in [2.05, 4.69) is 12.2 Å². The zero-order valence-electron chi connectivity index (χ0n) is 11.6. The van der Waals surface area contributed by atoms with Crippen LogP contribution in [0.15, 0.2) is 0 Å². The first-order valence-electron chi connectivity index (χ1n) is 6.93. The van der Waals surface area contributed by atoms with Gasteiger partial charge in [-0.3, -0.25) is 4.79 Å². The van der Waals surface area contributed by atoms with Crippen LogP contribution in [-0.2, 0) is 4.79 Å². The highest BCUT2D eigenvalue weighted by Gasteiger charge is 2.32. The van der Waals surface area contributed by atoms with Gasteiger partial charge in [-0.2, -0.15) is 13.2 Å². The van der Waals surface area contributed by atoms with E-state index in [0.717, 1.165) is 19.3 Å². The minimum Gasteiger partial charge on any atom is -0.341 e. The average Bonchev–Trinajstić information content (AvgIpc) is 2.35. The summed E-state index contributed by atoms with van der Waals surface area (Å²) < 4.78 is 36.7. The summed E-state index contributed by atoms with van der Waals surface area (Å²) in [7, 11) is 0. The Labute approximate surface area is 112 Å². The zero-order valence-corrected chi connectivity index (χ0v) is 11.6. The fraction of sp³-hybridized carbons (Fsp3) is 0.923. The second-order valence-corrected chi connectivity index (χ2v) is 5.24. The van der Waals surface area contributed by atoms with Crippen LogP contribution >= 0.6 is 0 Å². The molecular formula is C13H23F3N2O. The molecule has 1 N–H and O–H groups in total. The summed E-state index contributed by atoms with van der Waals surface area (Å²) in [6, 6.07) is -0.248. The lowest BCUT2D eigenvalue weighted by atomic mass is 9.90. The van der Waals surface area contributed by atoms with Crippen LogP contribution in [0.2, 0.25) is 0 Å². The van der Waals surface area contributed by atoms with Gasteiger partial charge in [-0.15, -0.1) is 0 Å². The molecule has 112 valence electrons. The molecule has 6 heteroatoms. The summed E-state index contributed by atoms with van der Waals surface area (Å²) in [4.78, 5) is 13.4. The predicted molar refractivity (Wildman–Crippen MR) is 67.7 cm³/mol. The molecular weight excluding hydrogens is 257 g/mol. The van der Waals surface area contributed by atoms with E-state index in [4.69, 9.17) is 0 Å². The van der Waals surface area contributed by atoms with Crippen molar-refractivity contribution in [2.24, 2.45) is 5.92 Å². The van der Waals surface area contributed by atoms with Crippen molar-refractivity contribution in [1.82, 2.24) is 10.2 Å². The lowest BCUT2D eigenvalue weighted by molar-refractivity contribution is -0.135. The number of hydrogen-bond acceptors (Lipinski definition) is 2. The van der Waals surface area contributed by atoms with Crippen molar-refractivity contribution in [3.63, 3.8) is 0 Å². The Morgan fingerprint density at radius 2 is 2.00 bits per heavy atom. The molecule has 0 aliphatic carbocycles. The van der Waals surface area contributed by atoms with Crippen LogP contribution < -0.4 is 5.32 Å². The quantitative estimate of drug-likeness (QED) is 0.839. The number of carbonyl (C=O) groups is 1. The molecule has 0 bridgehead atoms. The highest BCUT2D eigenvalue weighted by Crippen LogP contribution is 2.23. The van der Waals surface area contributed by atoms with E-state index in [1.165, 1.54) is 0 Å². The van der Waals surface area contributed by atoms with Crippen molar-refractivity contribution in [3.05, 3.63) is 0 Å². The maximum absolute atomic E-state index is 12.2. The minimum atomic E-state index is -4.20. The SMILES string of the molecule is CCCC1CC(NCC(F)(F)F)CN(C(=O)CC)C1. The van der Waals surface area contributed by atoms with Gasteiger partial charge in [-0.05, 0) is 18.8 Å². The van der Waals surface area contributed by atoms with E-state index in [1.54, 1.807) is 11.8 Å². The Balaban J connectivity index is 2.57. The first kappa shape index (κ1) is 16.3. The van der Waals surface area contributed by atoms with E-state index in [9.17, 15) is 18.0 Å². The van der Waals surface area contributed by atoms with Gasteiger partial charge in [0.25, 0.3) is 0 Å². The summed E-state index contributed by atoms with van der Waals surface area (Å²) in [6.45, 7) is 3.93. The Morgan fingerprint density at radius 1 is 1.32 bits per heavy atom. The molecule has 1 aliphatic rings. The van der Waals surface area contributed by atoms with E-state index in [0.29, 0.717) is 25.4 Å². The van der Waals surface area contributed by atoms with Crippen molar-refractivity contribution in [1.29, 1.82) is 0 Å². The van der Waals surface area contributed by atoms with Crippen molar-refractivity contribution in [3.8, 4) is 0 Å². The number of halogens is 3. The fourth-order valence-electron chi connectivity index (χ4n) is 2.66. The normalized spacial score (nSPS) is 24.6. The Hall–Kier alpha value is -0.780. The molecule has 1 fully saturated rings. The number of likely N-dealkylation sites (tertiary alicyclic amines) is 1. The molecule has 0 aromatic rings. The summed E-state index contributed by atoms with van der Waals surface area (Å²) in [5.41, 5.74) is 0. The van der Waals surface area contributed by atoms with Crippen molar-refractivity contribution in [2.75, 3.05) is 19.6 Å². The molecule has 1 heterocycles. The molecule has 1 amide bonds. The van der Waals surface area contributed by atoms with Gasteiger partial charge in [0.05, 0.1) is 6.54 Å². The maximum Gasteiger partial charge on any atom is 0.401 e. The zero-order chi connectivity index (χ0) is 14.5. The van der Waals surface area contributed by atoms with Gasteiger partial charge in [0.1, 0.15) is 0 Å². The van der Waals surface area contributed by atoms with Gasteiger partial charge in [0.2, 0.25) is 5.91 Å². The topological polar surface area (TPSA) is 32.3 Å². The third kappa shape index (κ3) is 5.80. The van der Waals surface area contributed by atoms with Crippen LogP contribution in [0.25, 0.3) is 0 Å². The van der Waals surface area contributed by atoms with Gasteiger partial charge < -0.3 is 10.2 Å². The summed E-state index contributed by atoms with van der Waals surface area (Å²) in [5, 5.41) is 2.54. The molecule has 1 rings (SSSR count). The number of alkyl halides is 3. The Bertz CT molecular complexity index is 294. The third-order valence-corrected chi connectivity index (χ3v) is 3.48. The van der Waals surface area contributed by atoms with E-state index in [-0.39, 0.29) is 11.9 Å². The van der Waals surface area contributed by atoms with Crippen LogP contribution in [0, 0.1) is 5.92 Å². The molecule has 19 heavy (non-hydrogen) atoms. The summed E-state index contributed by atoms with van der Waals surface area (Å²) in [5.74, 6) is 0.333. The van der Waals surface area contributed by atoms with Crippen LogP contribution in [0.4, 0.5) is 13.2 Å². The van der Waals surface area contributed by atoms with E-state index in [1.807, 2.05) is 0 Å². The number of amides is 1. The lowest BCUT2D eigenvalue weighted by Crippen LogP contribution is -2.52. The summed E-state index contributed by atoms with van der Waals surface area (Å²) in [6.07, 6.45) is -1.12. The van der Waals surface area contributed by atoms with Gasteiger partial charge in [0.15, 0.2) is 0 Å². The molecule has 2 unspecified atom stereocenters. The first-order valence-corrected chi connectivity index (χ1v) is 6.93. The summed E-state index contributed by atoms with van der Waals surface area (Å²) >= 11 is 0. The molecule has 0 spiro atoms. The molecule has 1 aliphatic heterocycles. The van der Waals surface area contributed by atoms with E-state index >= 15 is 0 Å². The highest BCUT2D eigenvalue weighted by atomic mass is 19.4. The standard InChI is InChI=1S/C13H23F3N2O/c1-3-5-10-6-11(17-9-13(14,15)16)8-18(7-10)12(19)4-2/h10-11,17H,3-9H2,1-2H3. The van der Waals surface area contributed by atoms with Crippen LogP contribution in [0.5, 0.6) is 0 Å². The first-order chi connectivity index (χ1) is 8.85. The monoisotopic (exact) mass is 280 g/mol. The Morgan fingerprint density at radius 3 is 2.53 bits per heavy atom. The number of carbonyl (C=O) groups excluding carboxylic acids is 1. The lowest BCUT2D eigenvalue weighted by Gasteiger charge is -2.38. The molecule has 0 saturated carbocycles. The number of rotatable bonds is 5. The average molecular weight is 280 g/mol. The second-order valence-electron chi connectivity index (χ2n) is 5.24. The van der Waals surface area contributed by atoms with Crippen LogP contribution in [0.1, 0.15) is 39.5 Å². The maximum atomic E-state index is 12.2. The number of nitrogens with zero attached hydrogens (tertiary/aromatic N) is 1. The molecule has 2 atom stereocenters. The van der Waals surface area contributed by atoms with Gasteiger partial charge in [-0.1, -0.05) is 20.3 Å². The molecule has 0 aromatic heterocycles. The predicted octanol–water partition coefficient (Wildman–Crippen LogP) is 2.57. The third-order valence-electron chi connectivity index (χ3n) is 3.48. The Kier molecular flexibility index (Phi) is 6.10. The molecule has 0 aromatic carbocycles. The molecule has 0 radical (unpaired) electrons. The smallest absolute Gasteiger partial charge is 0.341 e. The molecule has 3 nitrogen and oxygen atoms in total. The number of hydrogen-bond donors (Lipinski definition) is 1. The van der Waals surface area contributed by atoms with Crippen molar-refractivity contribution >= 4 is 5.91 Å².